The quantitative estimate of drug-likeness (QED) is 0.163. The number of hydrogen-bond donors (Lipinski definition) is 2. The maximum absolute atomic E-state index is 12.9. The zero-order valence-electron chi connectivity index (χ0n) is 34.7. The summed E-state index contributed by atoms with van der Waals surface area (Å²) in [6, 6.07) is 23.7. The summed E-state index contributed by atoms with van der Waals surface area (Å²) in [5.41, 5.74) is 3.15. The second kappa shape index (κ2) is 20.7. The number of hydrogen-bond acceptors (Lipinski definition) is 10. The number of amides is 3. The standard InChI is InChI=1S/C23H25Cl2N3O3.C22H24Cl2N4O4/c1-15-12-17(4-7-19(15)25)23(31)28-13-20(21(29)14-28)26-8-10-27(11-9-26)22(30)16-2-5-18(24)6-3-16;23-17-4-1-15(2-5-17)12-25-7-9-26(10-8-25)20-13-27(14-21(20)29)22(30)16-3-6-18(24)19(11-16)28(31)32/h2-7,12,20-21,29H,8-11,13-14H2,1H3;1-6,11,20-21,29H,7-10,12-14H2. The van der Waals surface area contributed by atoms with Crippen LogP contribution in [0, 0.1) is 17.0 Å². The molecule has 2 N–H and O–H groups in total. The second-order valence-corrected chi connectivity index (χ2v) is 18.0. The molecule has 3 amide bonds. The third kappa shape index (κ3) is 11.3. The number of aryl methyl sites for hydroxylation is 1. The summed E-state index contributed by atoms with van der Waals surface area (Å²) in [4.78, 5) is 60.9. The predicted octanol–water partition coefficient (Wildman–Crippen LogP) is 5.85. The van der Waals surface area contributed by atoms with Crippen LogP contribution in [0.4, 0.5) is 5.69 Å². The highest BCUT2D eigenvalue weighted by Gasteiger charge is 2.41. The molecule has 4 aromatic carbocycles. The van der Waals surface area contributed by atoms with E-state index in [4.69, 9.17) is 46.4 Å². The van der Waals surface area contributed by atoms with Gasteiger partial charge in [-0.05, 0) is 84.8 Å². The van der Waals surface area contributed by atoms with Crippen molar-refractivity contribution < 1.29 is 29.5 Å². The first-order valence-electron chi connectivity index (χ1n) is 20.8. The van der Waals surface area contributed by atoms with Crippen LogP contribution in [-0.4, -0.2) is 165 Å². The number of aliphatic hydroxyl groups excluding tert-OH is 2. The number of piperazine rings is 2. The largest absolute Gasteiger partial charge is 0.390 e. The van der Waals surface area contributed by atoms with Gasteiger partial charge in [0.2, 0.25) is 0 Å². The molecule has 4 aliphatic heterocycles. The van der Waals surface area contributed by atoms with Crippen LogP contribution in [0.15, 0.2) is 84.9 Å². The molecule has 0 aromatic heterocycles. The monoisotopic (exact) mass is 939 g/mol. The molecule has 0 bridgehead atoms. The van der Waals surface area contributed by atoms with Gasteiger partial charge in [0.1, 0.15) is 5.02 Å². The predicted molar refractivity (Wildman–Crippen MR) is 243 cm³/mol. The molecule has 4 aliphatic rings. The Labute approximate surface area is 386 Å². The molecule has 8 rings (SSSR count). The van der Waals surface area contributed by atoms with E-state index in [1.165, 1.54) is 23.8 Å². The van der Waals surface area contributed by atoms with Crippen LogP contribution in [0.5, 0.6) is 0 Å². The minimum atomic E-state index is -0.663. The molecule has 18 heteroatoms. The van der Waals surface area contributed by atoms with E-state index in [2.05, 4.69) is 14.7 Å². The molecule has 334 valence electrons. The van der Waals surface area contributed by atoms with Crippen LogP contribution in [0.1, 0.15) is 42.2 Å². The molecule has 4 unspecified atom stereocenters. The van der Waals surface area contributed by atoms with Crippen LogP contribution in [-0.2, 0) is 6.54 Å². The van der Waals surface area contributed by atoms with Crippen molar-refractivity contribution in [1.82, 2.24) is 29.4 Å². The Hall–Kier alpha value is -4.35. The molecule has 0 aliphatic carbocycles. The van der Waals surface area contributed by atoms with Gasteiger partial charge in [-0.1, -0.05) is 58.5 Å². The molecule has 4 saturated heterocycles. The number of carbonyl (C=O) groups is 3. The molecule has 63 heavy (non-hydrogen) atoms. The van der Waals surface area contributed by atoms with E-state index >= 15 is 0 Å². The normalized spacial score (nSPS) is 22.2. The lowest BCUT2D eigenvalue weighted by Crippen LogP contribution is -2.54. The van der Waals surface area contributed by atoms with Crippen LogP contribution in [0.25, 0.3) is 0 Å². The fourth-order valence-electron chi connectivity index (χ4n) is 8.65. The summed E-state index contributed by atoms with van der Waals surface area (Å²) in [5, 5.41) is 34.3. The fraction of sp³-hybridized carbons (Fsp3) is 0.400. The maximum atomic E-state index is 12.9. The fourth-order valence-corrected chi connectivity index (χ4v) is 9.21. The zero-order chi connectivity index (χ0) is 44.9. The minimum absolute atomic E-state index is 0.0117. The summed E-state index contributed by atoms with van der Waals surface area (Å²) >= 11 is 23.8. The Morgan fingerprint density at radius 3 is 1.54 bits per heavy atom. The number of β-amino-alcohol motifs (C(OH)–C–C–N with tert-alkyl or cyclic N) is 2. The van der Waals surface area contributed by atoms with Gasteiger partial charge in [-0.3, -0.25) is 39.2 Å². The molecular formula is C45H49Cl4N7O7. The molecule has 0 radical (unpaired) electrons. The van der Waals surface area contributed by atoms with E-state index in [9.17, 15) is 34.7 Å². The van der Waals surface area contributed by atoms with Crippen molar-refractivity contribution in [2.75, 3.05) is 78.5 Å². The highest BCUT2D eigenvalue weighted by atomic mass is 35.5. The average Bonchev–Trinajstić information content (AvgIpc) is 3.87. The molecule has 4 aromatic rings. The molecular weight excluding hydrogens is 892 g/mol. The number of halogens is 4. The van der Waals surface area contributed by atoms with Crippen molar-refractivity contribution in [3.63, 3.8) is 0 Å². The molecule has 14 nitrogen and oxygen atoms in total. The lowest BCUT2D eigenvalue weighted by molar-refractivity contribution is -0.384. The van der Waals surface area contributed by atoms with E-state index in [1.807, 2.05) is 36.1 Å². The molecule has 4 atom stereocenters. The van der Waals surface area contributed by atoms with Gasteiger partial charge in [-0.25, -0.2) is 0 Å². The van der Waals surface area contributed by atoms with Crippen molar-refractivity contribution in [3.05, 3.63) is 143 Å². The number of likely N-dealkylation sites (tertiary alicyclic amines) is 2. The molecule has 4 heterocycles. The summed E-state index contributed by atoms with van der Waals surface area (Å²) in [6.07, 6.45) is -1.28. The summed E-state index contributed by atoms with van der Waals surface area (Å²) in [7, 11) is 0. The first-order chi connectivity index (χ1) is 30.1. The van der Waals surface area contributed by atoms with E-state index < -0.39 is 17.1 Å². The van der Waals surface area contributed by atoms with Crippen molar-refractivity contribution in [1.29, 1.82) is 0 Å². The third-order valence-electron chi connectivity index (χ3n) is 12.2. The molecule has 0 saturated carbocycles. The third-order valence-corrected chi connectivity index (χ3v) is 13.5. The first kappa shape index (κ1) is 46.6. The number of nitro benzene ring substituents is 1. The number of rotatable bonds is 8. The van der Waals surface area contributed by atoms with E-state index in [-0.39, 0.29) is 52.6 Å². The van der Waals surface area contributed by atoms with Gasteiger partial charge in [-0.15, -0.1) is 0 Å². The number of benzene rings is 4. The first-order valence-corrected chi connectivity index (χ1v) is 22.3. The van der Waals surface area contributed by atoms with Gasteiger partial charge < -0.3 is 24.9 Å². The highest BCUT2D eigenvalue weighted by molar-refractivity contribution is 6.33. The van der Waals surface area contributed by atoms with E-state index in [0.717, 1.165) is 43.3 Å². The smallest absolute Gasteiger partial charge is 0.288 e. The topological polar surface area (TPSA) is 154 Å². The van der Waals surface area contributed by atoms with Crippen LogP contribution >= 0.6 is 46.4 Å². The van der Waals surface area contributed by atoms with Crippen LogP contribution < -0.4 is 0 Å². The molecule has 4 fully saturated rings. The lowest BCUT2D eigenvalue weighted by Gasteiger charge is -2.38. The van der Waals surface area contributed by atoms with Gasteiger partial charge in [0.05, 0.1) is 29.2 Å². The molecule has 0 spiro atoms. The van der Waals surface area contributed by atoms with Gasteiger partial charge in [-0.2, -0.15) is 0 Å². The van der Waals surface area contributed by atoms with Gasteiger partial charge >= 0.3 is 0 Å². The maximum Gasteiger partial charge on any atom is 0.288 e. The summed E-state index contributed by atoms with van der Waals surface area (Å²) in [5.74, 6) is -0.455. The van der Waals surface area contributed by atoms with Crippen molar-refractivity contribution >= 4 is 69.8 Å². The number of nitrogens with zero attached hydrogens (tertiary/aromatic N) is 7. The van der Waals surface area contributed by atoms with Gasteiger partial charge in [0, 0.05) is 123 Å². The average molecular weight is 942 g/mol. The number of nitro groups is 1. The van der Waals surface area contributed by atoms with Crippen molar-refractivity contribution in [2.45, 2.75) is 37.8 Å². The van der Waals surface area contributed by atoms with Crippen molar-refractivity contribution in [3.8, 4) is 0 Å². The zero-order valence-corrected chi connectivity index (χ0v) is 37.7. The Morgan fingerprint density at radius 2 is 1.03 bits per heavy atom. The Morgan fingerprint density at radius 1 is 0.587 bits per heavy atom. The van der Waals surface area contributed by atoms with Crippen molar-refractivity contribution in [2.24, 2.45) is 0 Å². The Balaban J connectivity index is 0.000000189. The van der Waals surface area contributed by atoms with E-state index in [0.29, 0.717) is 67.0 Å². The highest BCUT2D eigenvalue weighted by Crippen LogP contribution is 2.28. The van der Waals surface area contributed by atoms with Gasteiger partial charge in [0.25, 0.3) is 23.4 Å². The van der Waals surface area contributed by atoms with Crippen LogP contribution in [0.2, 0.25) is 20.1 Å². The van der Waals surface area contributed by atoms with Crippen LogP contribution in [0.3, 0.4) is 0 Å². The van der Waals surface area contributed by atoms with E-state index in [1.54, 1.807) is 52.3 Å². The second-order valence-electron chi connectivity index (χ2n) is 16.4. The Kier molecular flexibility index (Phi) is 15.3. The summed E-state index contributed by atoms with van der Waals surface area (Å²) < 4.78 is 0. The summed E-state index contributed by atoms with van der Waals surface area (Å²) in [6.45, 7) is 9.85. The number of aliphatic hydroxyl groups is 2. The lowest BCUT2D eigenvalue weighted by atomic mass is 10.1. The minimum Gasteiger partial charge on any atom is -0.390 e. The SMILES string of the molecule is Cc1cc(C(=O)N2CC(O)C(N3CCN(C(=O)c4ccc(Cl)cc4)CC3)C2)ccc1Cl.O=C(c1ccc(Cl)c([N+](=O)[O-])c1)N1CC(O)C(N2CCN(Cc3ccc(Cl)cc3)CC2)C1. The number of carbonyl (C=O) groups excluding carboxylic acids is 3. The van der Waals surface area contributed by atoms with Gasteiger partial charge in [0.15, 0.2) is 0 Å². The Bertz CT molecular complexity index is 2290.